The van der Waals surface area contributed by atoms with E-state index in [4.69, 9.17) is 16.7 Å². The van der Waals surface area contributed by atoms with Gasteiger partial charge in [-0.05, 0) is 0 Å². The minimum atomic E-state index is -1.24. The van der Waals surface area contributed by atoms with Crippen LogP contribution in [0.25, 0.3) is 0 Å². The van der Waals surface area contributed by atoms with Gasteiger partial charge in [-0.15, -0.1) is 0 Å². The number of hydrogen-bond acceptors (Lipinski definition) is 3. The van der Waals surface area contributed by atoms with E-state index in [1.165, 1.54) is 7.05 Å². The molecular weight excluding hydrogens is 131 g/mol. The Kier molecular flexibility index (Phi) is 2.95. The molecule has 0 aliphatic heterocycles. The number of aliphatic carboxylic acids is 1. The summed E-state index contributed by atoms with van der Waals surface area (Å²) in [4.78, 5) is 9.79. The van der Waals surface area contributed by atoms with E-state index >= 15 is 0 Å². The molecule has 0 heterocycles. The van der Waals surface area contributed by atoms with Crippen LogP contribution >= 0.6 is 11.6 Å². The van der Waals surface area contributed by atoms with Gasteiger partial charge in [0, 0.05) is 7.05 Å². The first-order valence-corrected chi connectivity index (χ1v) is 2.19. The molecular formula is C3H5ClN2O2. The summed E-state index contributed by atoms with van der Waals surface area (Å²) in [5, 5.41) is 10.7. The number of carboxylic acids is 1. The summed E-state index contributed by atoms with van der Waals surface area (Å²) in [6, 6.07) is 0. The summed E-state index contributed by atoms with van der Waals surface area (Å²) in [5.41, 5.74) is 2.22. The fourth-order valence-corrected chi connectivity index (χ4v) is 0.230. The van der Waals surface area contributed by atoms with Gasteiger partial charge in [0.15, 0.2) is 0 Å². The van der Waals surface area contributed by atoms with E-state index in [1.54, 1.807) is 0 Å². The summed E-state index contributed by atoms with van der Waals surface area (Å²) in [5.74, 6) is -1.24. The van der Waals surface area contributed by atoms with Crippen molar-refractivity contribution >= 4 is 22.7 Å². The van der Waals surface area contributed by atoms with Crippen LogP contribution in [0.2, 0.25) is 0 Å². The van der Waals surface area contributed by atoms with E-state index in [9.17, 15) is 4.79 Å². The van der Waals surface area contributed by atoms with Crippen LogP contribution in [-0.2, 0) is 4.79 Å². The van der Waals surface area contributed by atoms with Gasteiger partial charge in [0.2, 0.25) is 5.17 Å². The van der Waals surface area contributed by atoms with Crippen LogP contribution in [0.15, 0.2) is 5.10 Å². The third-order valence-corrected chi connectivity index (χ3v) is 0.633. The van der Waals surface area contributed by atoms with Crippen molar-refractivity contribution in [2.75, 3.05) is 7.05 Å². The zero-order chi connectivity index (χ0) is 6.57. The average Bonchev–Trinajstić information content (AvgIpc) is 1.67. The van der Waals surface area contributed by atoms with Gasteiger partial charge in [-0.2, -0.15) is 5.10 Å². The maximum absolute atomic E-state index is 9.79. The highest BCUT2D eigenvalue weighted by Crippen LogP contribution is 1.81. The van der Waals surface area contributed by atoms with Crippen molar-refractivity contribution in [2.24, 2.45) is 5.10 Å². The zero-order valence-corrected chi connectivity index (χ0v) is 4.94. The molecule has 0 aliphatic carbocycles. The Hall–Kier alpha value is -0.770. The van der Waals surface area contributed by atoms with Gasteiger partial charge in [0.05, 0.1) is 0 Å². The molecule has 0 atom stereocenters. The minimum absolute atomic E-state index is 0.465. The Labute approximate surface area is 51.1 Å². The van der Waals surface area contributed by atoms with Crippen molar-refractivity contribution in [3.05, 3.63) is 0 Å². The molecule has 0 amide bonds. The van der Waals surface area contributed by atoms with Gasteiger partial charge in [-0.25, -0.2) is 4.79 Å². The van der Waals surface area contributed by atoms with Gasteiger partial charge in [0.1, 0.15) is 0 Å². The van der Waals surface area contributed by atoms with Crippen molar-refractivity contribution in [1.29, 1.82) is 0 Å². The Balaban J connectivity index is 3.80. The van der Waals surface area contributed by atoms with Gasteiger partial charge >= 0.3 is 5.97 Å². The van der Waals surface area contributed by atoms with Crippen LogP contribution in [0.1, 0.15) is 0 Å². The first-order valence-electron chi connectivity index (χ1n) is 1.81. The fraction of sp³-hybridized carbons (Fsp3) is 0.333. The lowest BCUT2D eigenvalue weighted by Crippen LogP contribution is -2.09. The second-order valence-electron chi connectivity index (χ2n) is 0.931. The van der Waals surface area contributed by atoms with Crippen molar-refractivity contribution in [2.45, 2.75) is 0 Å². The molecule has 0 aliphatic rings. The Bertz CT molecular complexity index is 122. The molecule has 5 heteroatoms. The number of hydrazone groups is 1. The van der Waals surface area contributed by atoms with E-state index in [1.807, 2.05) is 0 Å². The highest BCUT2D eigenvalue weighted by atomic mass is 35.5. The second kappa shape index (κ2) is 3.26. The van der Waals surface area contributed by atoms with Crippen LogP contribution in [0, 0.1) is 0 Å². The molecule has 0 radical (unpaired) electrons. The van der Waals surface area contributed by atoms with E-state index in [0.29, 0.717) is 0 Å². The molecule has 46 valence electrons. The van der Waals surface area contributed by atoms with Gasteiger partial charge in [-0.3, -0.25) is 0 Å². The first-order chi connectivity index (χ1) is 3.68. The van der Waals surface area contributed by atoms with Crippen molar-refractivity contribution in [3.8, 4) is 0 Å². The number of nitrogens with zero attached hydrogens (tertiary/aromatic N) is 1. The predicted molar refractivity (Wildman–Crippen MR) is 30.0 cm³/mol. The lowest BCUT2D eigenvalue weighted by molar-refractivity contribution is -0.129. The van der Waals surface area contributed by atoms with Crippen LogP contribution in [-0.4, -0.2) is 23.3 Å². The normalized spacial score (nSPS) is 11.0. The largest absolute Gasteiger partial charge is 0.476 e. The fourth-order valence-electron chi connectivity index (χ4n) is 0.146. The molecule has 0 rings (SSSR count). The molecule has 0 aromatic rings. The smallest absolute Gasteiger partial charge is 0.368 e. The molecule has 0 saturated carbocycles. The highest BCUT2D eigenvalue weighted by molar-refractivity contribution is 6.81. The number of rotatable bonds is 2. The Morgan fingerprint density at radius 3 is 2.50 bits per heavy atom. The zero-order valence-electron chi connectivity index (χ0n) is 4.18. The lowest BCUT2D eigenvalue weighted by atomic mass is 10.8. The topological polar surface area (TPSA) is 61.7 Å². The summed E-state index contributed by atoms with van der Waals surface area (Å²) in [7, 11) is 1.46. The summed E-state index contributed by atoms with van der Waals surface area (Å²) in [6.07, 6.45) is 0. The summed E-state index contributed by atoms with van der Waals surface area (Å²) in [6.45, 7) is 0. The quantitative estimate of drug-likeness (QED) is 0.410. The van der Waals surface area contributed by atoms with Crippen molar-refractivity contribution < 1.29 is 9.90 Å². The van der Waals surface area contributed by atoms with Gasteiger partial charge in [-0.1, -0.05) is 11.6 Å². The molecule has 0 aromatic carbocycles. The number of nitrogens with one attached hydrogen (secondary N) is 1. The van der Waals surface area contributed by atoms with Crippen LogP contribution in [0.4, 0.5) is 0 Å². The summed E-state index contributed by atoms with van der Waals surface area (Å²) >= 11 is 5.00. The third-order valence-electron chi connectivity index (χ3n) is 0.386. The molecule has 2 N–H and O–H groups in total. The van der Waals surface area contributed by atoms with E-state index in [2.05, 4.69) is 10.5 Å². The molecule has 0 aromatic heterocycles. The second-order valence-corrected chi connectivity index (χ2v) is 1.29. The van der Waals surface area contributed by atoms with Crippen LogP contribution in [0.3, 0.4) is 0 Å². The third kappa shape index (κ3) is 2.41. The molecule has 0 bridgehead atoms. The number of carboxylic acid groups (broad SMARTS) is 1. The van der Waals surface area contributed by atoms with E-state index < -0.39 is 11.1 Å². The molecule has 4 nitrogen and oxygen atoms in total. The van der Waals surface area contributed by atoms with Gasteiger partial charge in [0.25, 0.3) is 0 Å². The van der Waals surface area contributed by atoms with Crippen molar-refractivity contribution in [3.63, 3.8) is 0 Å². The maximum Gasteiger partial charge on any atom is 0.368 e. The number of halogens is 1. The number of hydrogen-bond donors (Lipinski definition) is 2. The van der Waals surface area contributed by atoms with Crippen LogP contribution in [0.5, 0.6) is 0 Å². The highest BCUT2D eigenvalue weighted by Gasteiger charge is 2.01. The average molecular weight is 137 g/mol. The maximum atomic E-state index is 9.79. The molecule has 0 fully saturated rings. The summed E-state index contributed by atoms with van der Waals surface area (Å²) < 4.78 is 0. The Morgan fingerprint density at radius 2 is 2.38 bits per heavy atom. The Morgan fingerprint density at radius 1 is 1.88 bits per heavy atom. The monoisotopic (exact) mass is 136 g/mol. The minimum Gasteiger partial charge on any atom is -0.476 e. The predicted octanol–water partition coefficient (Wildman–Crippen LogP) is -0.157. The number of carbonyl (C=O) groups is 1. The molecule has 8 heavy (non-hydrogen) atoms. The molecule has 0 saturated heterocycles. The van der Waals surface area contributed by atoms with Crippen LogP contribution < -0.4 is 5.43 Å². The van der Waals surface area contributed by atoms with E-state index in [0.717, 1.165) is 0 Å². The SMILES string of the molecule is CNN=C(Cl)C(=O)O. The van der Waals surface area contributed by atoms with Gasteiger partial charge < -0.3 is 10.5 Å². The molecule has 0 unspecified atom stereocenters. The standard InChI is InChI=1S/C3H5ClN2O2/c1-5-6-2(4)3(7)8/h5H,1H3,(H,7,8). The van der Waals surface area contributed by atoms with Crippen molar-refractivity contribution in [1.82, 2.24) is 5.43 Å². The molecule has 0 spiro atoms. The lowest BCUT2D eigenvalue weighted by Gasteiger charge is -1.86. The van der Waals surface area contributed by atoms with E-state index in [-0.39, 0.29) is 0 Å². The first kappa shape index (κ1) is 7.23.